The average Bonchev–Trinajstić information content (AvgIpc) is 2.84. The summed E-state index contributed by atoms with van der Waals surface area (Å²) in [5.74, 6) is -0.0132. The molecule has 23 heavy (non-hydrogen) atoms. The van der Waals surface area contributed by atoms with Crippen LogP contribution >= 0.6 is 11.6 Å². The monoisotopic (exact) mass is 338 g/mol. The number of methoxy groups -OCH3 is 1. The highest BCUT2D eigenvalue weighted by molar-refractivity contribution is 6.31. The van der Waals surface area contributed by atoms with Crippen molar-refractivity contribution in [1.29, 1.82) is 0 Å². The van der Waals surface area contributed by atoms with Gasteiger partial charge >= 0.3 is 0 Å². The van der Waals surface area contributed by atoms with Crippen LogP contribution in [0.25, 0.3) is 0 Å². The first kappa shape index (κ1) is 16.8. The molecule has 0 aliphatic carbocycles. The number of nitro groups is 1. The molecule has 8 nitrogen and oxygen atoms in total. The molecule has 0 saturated heterocycles. The van der Waals surface area contributed by atoms with E-state index in [-0.39, 0.29) is 23.7 Å². The number of hydrogen-bond acceptors (Lipinski definition) is 5. The van der Waals surface area contributed by atoms with Crippen molar-refractivity contribution >= 4 is 28.9 Å². The third-order valence-electron chi connectivity index (χ3n) is 3.27. The van der Waals surface area contributed by atoms with Crippen LogP contribution in [0.3, 0.4) is 0 Å². The first-order valence-electron chi connectivity index (χ1n) is 6.72. The van der Waals surface area contributed by atoms with Crippen molar-refractivity contribution in [2.45, 2.75) is 19.9 Å². The Morgan fingerprint density at radius 3 is 2.83 bits per heavy atom. The number of benzene rings is 1. The number of nitro benzene ring substituents is 1. The largest absolute Gasteiger partial charge is 0.496 e. The maximum absolute atomic E-state index is 12.0. The molecular formula is C14H15ClN4O4. The zero-order valence-corrected chi connectivity index (χ0v) is 13.3. The second-order valence-corrected chi connectivity index (χ2v) is 5.15. The Kier molecular flexibility index (Phi) is 5.17. The van der Waals surface area contributed by atoms with Gasteiger partial charge in [0, 0.05) is 6.42 Å². The molecule has 1 heterocycles. The Morgan fingerprint density at radius 2 is 2.26 bits per heavy atom. The molecule has 0 aliphatic heterocycles. The van der Waals surface area contributed by atoms with Crippen molar-refractivity contribution in [3.05, 3.63) is 45.2 Å². The molecule has 1 aromatic carbocycles. The van der Waals surface area contributed by atoms with Gasteiger partial charge in [-0.25, -0.2) is 0 Å². The molecule has 0 spiro atoms. The van der Waals surface area contributed by atoms with Crippen LogP contribution in [-0.4, -0.2) is 27.7 Å². The molecule has 0 fully saturated rings. The second kappa shape index (κ2) is 7.10. The molecule has 0 bridgehead atoms. The Bertz CT molecular complexity index is 744. The van der Waals surface area contributed by atoms with Gasteiger partial charge in [0.15, 0.2) is 0 Å². The molecule has 1 amide bonds. The van der Waals surface area contributed by atoms with Crippen LogP contribution in [0.5, 0.6) is 5.75 Å². The molecule has 0 aliphatic rings. The molecule has 1 N–H and O–H groups in total. The lowest BCUT2D eigenvalue weighted by atomic mass is 10.2. The molecule has 0 unspecified atom stereocenters. The van der Waals surface area contributed by atoms with Gasteiger partial charge in [-0.05, 0) is 19.1 Å². The number of amides is 1. The van der Waals surface area contributed by atoms with E-state index in [0.29, 0.717) is 17.3 Å². The van der Waals surface area contributed by atoms with Gasteiger partial charge in [-0.3, -0.25) is 19.6 Å². The number of aryl methyl sites for hydroxylation is 1. The predicted octanol–water partition coefficient (Wildman–Crippen LogP) is 2.79. The standard InChI is InChI=1S/C14H15ClN4O4/c1-9-11(15)8-16-18(9)6-5-14(20)17-12-4-3-10(23-2)7-13(12)19(21)22/h3-4,7-8H,5-6H2,1-2H3,(H,17,20). The van der Waals surface area contributed by atoms with E-state index in [1.54, 1.807) is 17.7 Å². The topological polar surface area (TPSA) is 99.3 Å². The molecule has 122 valence electrons. The Morgan fingerprint density at radius 1 is 1.52 bits per heavy atom. The summed E-state index contributed by atoms with van der Waals surface area (Å²) < 4.78 is 6.55. The van der Waals surface area contributed by atoms with E-state index >= 15 is 0 Å². The molecule has 0 saturated carbocycles. The number of nitrogens with one attached hydrogen (secondary N) is 1. The highest BCUT2D eigenvalue weighted by Gasteiger charge is 2.17. The molecule has 0 radical (unpaired) electrons. The van der Waals surface area contributed by atoms with E-state index in [0.717, 1.165) is 5.69 Å². The van der Waals surface area contributed by atoms with Crippen LogP contribution in [0.4, 0.5) is 11.4 Å². The van der Waals surface area contributed by atoms with Gasteiger partial charge in [0.2, 0.25) is 5.91 Å². The van der Waals surface area contributed by atoms with Crippen molar-refractivity contribution in [3.63, 3.8) is 0 Å². The summed E-state index contributed by atoms with van der Waals surface area (Å²) in [5.41, 5.74) is 0.655. The fourth-order valence-electron chi connectivity index (χ4n) is 1.96. The van der Waals surface area contributed by atoms with Crippen LogP contribution in [0.1, 0.15) is 12.1 Å². The molecule has 1 aromatic heterocycles. The van der Waals surface area contributed by atoms with Crippen molar-refractivity contribution in [1.82, 2.24) is 9.78 Å². The third kappa shape index (κ3) is 3.98. The van der Waals surface area contributed by atoms with Crippen molar-refractivity contribution < 1.29 is 14.5 Å². The summed E-state index contributed by atoms with van der Waals surface area (Å²) in [7, 11) is 1.41. The fourth-order valence-corrected chi connectivity index (χ4v) is 2.11. The number of aromatic nitrogens is 2. The second-order valence-electron chi connectivity index (χ2n) is 4.74. The normalized spacial score (nSPS) is 10.4. The zero-order chi connectivity index (χ0) is 17.0. The summed E-state index contributed by atoms with van der Waals surface area (Å²) in [4.78, 5) is 22.5. The quantitative estimate of drug-likeness (QED) is 0.645. The van der Waals surface area contributed by atoms with Crippen LogP contribution < -0.4 is 10.1 Å². The predicted molar refractivity (Wildman–Crippen MR) is 84.9 cm³/mol. The molecule has 2 rings (SSSR count). The Hall–Kier alpha value is -2.61. The number of rotatable bonds is 6. The number of carbonyl (C=O) groups excluding carboxylic acids is 1. The number of ether oxygens (including phenoxy) is 1. The molecule has 9 heteroatoms. The zero-order valence-electron chi connectivity index (χ0n) is 12.6. The van der Waals surface area contributed by atoms with Gasteiger partial charge < -0.3 is 10.1 Å². The highest BCUT2D eigenvalue weighted by Crippen LogP contribution is 2.29. The van der Waals surface area contributed by atoms with Crippen LogP contribution in [-0.2, 0) is 11.3 Å². The first-order valence-corrected chi connectivity index (χ1v) is 7.10. The van der Waals surface area contributed by atoms with Crippen molar-refractivity contribution in [3.8, 4) is 5.75 Å². The van der Waals surface area contributed by atoms with Crippen LogP contribution in [0.2, 0.25) is 5.02 Å². The number of anilines is 1. The highest BCUT2D eigenvalue weighted by atomic mass is 35.5. The van der Waals surface area contributed by atoms with Gasteiger partial charge in [-0.2, -0.15) is 5.10 Å². The lowest BCUT2D eigenvalue weighted by Crippen LogP contribution is -2.16. The number of carbonyl (C=O) groups is 1. The van der Waals surface area contributed by atoms with Gasteiger partial charge in [-0.1, -0.05) is 11.6 Å². The maximum Gasteiger partial charge on any atom is 0.296 e. The number of hydrogen-bond donors (Lipinski definition) is 1. The molecule has 2 aromatic rings. The SMILES string of the molecule is COc1ccc(NC(=O)CCn2ncc(Cl)c2C)c([N+](=O)[O-])c1. The number of nitrogens with zero attached hydrogens (tertiary/aromatic N) is 3. The lowest BCUT2D eigenvalue weighted by Gasteiger charge is -2.08. The summed E-state index contributed by atoms with van der Waals surface area (Å²) >= 11 is 5.89. The van der Waals surface area contributed by atoms with Crippen molar-refractivity contribution in [2.75, 3.05) is 12.4 Å². The summed E-state index contributed by atoms with van der Waals surface area (Å²) in [6, 6.07) is 4.23. The minimum absolute atomic E-state index is 0.113. The van der Waals surface area contributed by atoms with E-state index in [1.807, 2.05) is 0 Å². The smallest absolute Gasteiger partial charge is 0.296 e. The summed E-state index contributed by atoms with van der Waals surface area (Å²) in [5, 5.41) is 18.2. The van der Waals surface area contributed by atoms with E-state index in [2.05, 4.69) is 10.4 Å². The fraction of sp³-hybridized carbons (Fsp3) is 0.286. The number of halogens is 1. The molecular weight excluding hydrogens is 324 g/mol. The van der Waals surface area contributed by atoms with Gasteiger partial charge in [0.05, 0.1) is 41.6 Å². The van der Waals surface area contributed by atoms with Crippen LogP contribution in [0, 0.1) is 17.0 Å². The Labute approximate surface area is 137 Å². The third-order valence-corrected chi connectivity index (χ3v) is 3.64. The van der Waals surface area contributed by atoms with Crippen molar-refractivity contribution in [2.24, 2.45) is 0 Å². The molecule has 0 atom stereocenters. The Balaban J connectivity index is 2.05. The van der Waals surface area contributed by atoms with E-state index in [1.165, 1.54) is 25.4 Å². The van der Waals surface area contributed by atoms with Crippen LogP contribution in [0.15, 0.2) is 24.4 Å². The first-order chi connectivity index (χ1) is 10.9. The summed E-state index contributed by atoms with van der Waals surface area (Å²) in [6.07, 6.45) is 1.62. The van der Waals surface area contributed by atoms with Gasteiger partial charge in [0.1, 0.15) is 11.4 Å². The minimum atomic E-state index is -0.574. The lowest BCUT2D eigenvalue weighted by molar-refractivity contribution is -0.384. The maximum atomic E-state index is 12.0. The minimum Gasteiger partial charge on any atom is -0.496 e. The van der Waals surface area contributed by atoms with E-state index < -0.39 is 4.92 Å². The summed E-state index contributed by atoms with van der Waals surface area (Å²) in [6.45, 7) is 2.12. The average molecular weight is 339 g/mol. The van der Waals surface area contributed by atoms with Gasteiger partial charge in [0.25, 0.3) is 5.69 Å². The van der Waals surface area contributed by atoms with E-state index in [4.69, 9.17) is 16.3 Å². The van der Waals surface area contributed by atoms with E-state index in [9.17, 15) is 14.9 Å². The van der Waals surface area contributed by atoms with Gasteiger partial charge in [-0.15, -0.1) is 0 Å².